The van der Waals surface area contributed by atoms with E-state index in [2.05, 4.69) is 10.3 Å². The summed E-state index contributed by atoms with van der Waals surface area (Å²) in [5.74, 6) is -0.880. The van der Waals surface area contributed by atoms with Crippen molar-refractivity contribution >= 4 is 15.8 Å². The predicted octanol–water partition coefficient (Wildman–Crippen LogP) is -0.274. The zero-order chi connectivity index (χ0) is 11.8. The first-order valence-electron chi connectivity index (χ1n) is 4.83. The Kier molecular flexibility index (Phi) is 2.66. The molecule has 1 N–H and O–H groups in total. The van der Waals surface area contributed by atoms with Crippen molar-refractivity contribution in [3.8, 4) is 0 Å². The third-order valence-electron chi connectivity index (χ3n) is 2.63. The molecule has 1 aliphatic heterocycles. The summed E-state index contributed by atoms with van der Waals surface area (Å²) in [5, 5.41) is 15.9. The Balaban J connectivity index is 2.11. The Morgan fingerprint density at radius 1 is 1.44 bits per heavy atom. The van der Waals surface area contributed by atoms with E-state index in [9.17, 15) is 13.2 Å². The van der Waals surface area contributed by atoms with E-state index < -0.39 is 15.8 Å². The molecule has 7 nitrogen and oxygen atoms in total. The van der Waals surface area contributed by atoms with E-state index in [0.29, 0.717) is 12.8 Å². The number of rotatable bonds is 2. The van der Waals surface area contributed by atoms with Gasteiger partial charge in [-0.25, -0.2) is 17.9 Å². The molecule has 0 atom stereocenters. The first-order valence-corrected chi connectivity index (χ1v) is 6.65. The van der Waals surface area contributed by atoms with E-state index in [0.717, 1.165) is 0 Å². The van der Waals surface area contributed by atoms with Crippen LogP contribution in [0.25, 0.3) is 0 Å². The first-order chi connectivity index (χ1) is 7.48. The summed E-state index contributed by atoms with van der Waals surface area (Å²) in [7, 11) is -2.91. The van der Waals surface area contributed by atoms with Crippen LogP contribution >= 0.6 is 0 Å². The van der Waals surface area contributed by atoms with Crippen LogP contribution in [0.2, 0.25) is 0 Å². The highest BCUT2D eigenvalue weighted by molar-refractivity contribution is 7.91. The summed E-state index contributed by atoms with van der Waals surface area (Å²) in [6.07, 6.45) is 2.26. The second-order valence-corrected chi connectivity index (χ2v) is 6.08. The first kappa shape index (κ1) is 11.1. The van der Waals surface area contributed by atoms with E-state index in [-0.39, 0.29) is 23.2 Å². The van der Waals surface area contributed by atoms with Crippen LogP contribution in [0.15, 0.2) is 6.20 Å². The molecular weight excluding hydrogens is 234 g/mol. The number of hydrogen-bond acceptors (Lipinski definition) is 5. The van der Waals surface area contributed by atoms with E-state index in [1.54, 1.807) is 0 Å². The fourth-order valence-corrected chi connectivity index (χ4v) is 3.16. The van der Waals surface area contributed by atoms with Gasteiger partial charge in [-0.3, -0.25) is 0 Å². The van der Waals surface area contributed by atoms with Gasteiger partial charge in [-0.1, -0.05) is 5.21 Å². The number of nitrogens with zero attached hydrogens (tertiary/aromatic N) is 3. The van der Waals surface area contributed by atoms with Gasteiger partial charge in [0.1, 0.15) is 9.84 Å². The molecule has 1 saturated heterocycles. The maximum absolute atomic E-state index is 11.2. The van der Waals surface area contributed by atoms with Crippen molar-refractivity contribution in [1.82, 2.24) is 15.0 Å². The molecule has 0 amide bonds. The van der Waals surface area contributed by atoms with Gasteiger partial charge in [0.25, 0.3) is 0 Å². The highest BCUT2D eigenvalue weighted by Gasteiger charge is 2.26. The SMILES string of the molecule is O=C(O)c1cn(C2CCS(=O)(=O)CC2)nn1. The summed E-state index contributed by atoms with van der Waals surface area (Å²) in [6, 6.07) is -0.0656. The average Bonchev–Trinajstić information content (AvgIpc) is 2.66. The largest absolute Gasteiger partial charge is 0.476 e. The van der Waals surface area contributed by atoms with Crippen molar-refractivity contribution in [2.75, 3.05) is 11.5 Å². The Labute approximate surface area is 92.0 Å². The van der Waals surface area contributed by atoms with Gasteiger partial charge in [-0.2, -0.15) is 0 Å². The van der Waals surface area contributed by atoms with Crippen LogP contribution in [-0.4, -0.2) is 46.0 Å². The zero-order valence-corrected chi connectivity index (χ0v) is 9.22. The van der Waals surface area contributed by atoms with E-state index in [1.165, 1.54) is 10.9 Å². The predicted molar refractivity (Wildman–Crippen MR) is 53.9 cm³/mol. The van der Waals surface area contributed by atoms with Crippen LogP contribution < -0.4 is 0 Å². The van der Waals surface area contributed by atoms with Gasteiger partial charge in [-0.05, 0) is 12.8 Å². The molecule has 0 aliphatic carbocycles. The molecule has 8 heteroatoms. The molecule has 0 bridgehead atoms. The quantitative estimate of drug-likeness (QED) is 0.769. The Morgan fingerprint density at radius 3 is 2.56 bits per heavy atom. The van der Waals surface area contributed by atoms with Crippen molar-refractivity contribution in [1.29, 1.82) is 0 Å². The standard InChI is InChI=1S/C8H11N3O4S/c12-8(13)7-5-11(10-9-7)6-1-3-16(14,15)4-2-6/h5-6H,1-4H2,(H,12,13). The minimum Gasteiger partial charge on any atom is -0.476 e. The third kappa shape index (κ3) is 2.21. The van der Waals surface area contributed by atoms with Gasteiger partial charge in [0.15, 0.2) is 5.69 Å². The second kappa shape index (κ2) is 3.85. The zero-order valence-electron chi connectivity index (χ0n) is 8.40. The van der Waals surface area contributed by atoms with Crippen molar-refractivity contribution in [2.45, 2.75) is 18.9 Å². The lowest BCUT2D eigenvalue weighted by Crippen LogP contribution is -2.25. The van der Waals surface area contributed by atoms with Crippen LogP contribution in [0.5, 0.6) is 0 Å². The number of sulfone groups is 1. The maximum Gasteiger partial charge on any atom is 0.358 e. The molecular formula is C8H11N3O4S. The molecule has 1 aliphatic rings. The summed E-state index contributed by atoms with van der Waals surface area (Å²) in [5.41, 5.74) is -0.117. The van der Waals surface area contributed by atoms with Gasteiger partial charge in [0.2, 0.25) is 0 Å². The van der Waals surface area contributed by atoms with E-state index in [1.807, 2.05) is 0 Å². The lowest BCUT2D eigenvalue weighted by atomic mass is 10.2. The number of hydrogen-bond donors (Lipinski definition) is 1. The summed E-state index contributed by atoms with van der Waals surface area (Å²) < 4.78 is 23.8. The molecule has 0 saturated carbocycles. The van der Waals surface area contributed by atoms with Gasteiger partial charge < -0.3 is 5.11 Å². The van der Waals surface area contributed by atoms with Crippen molar-refractivity contribution in [2.24, 2.45) is 0 Å². The Bertz CT molecular complexity index is 493. The summed E-state index contributed by atoms with van der Waals surface area (Å²) in [6.45, 7) is 0. The second-order valence-electron chi connectivity index (χ2n) is 3.77. The lowest BCUT2D eigenvalue weighted by Gasteiger charge is -2.21. The average molecular weight is 245 g/mol. The van der Waals surface area contributed by atoms with Crippen molar-refractivity contribution < 1.29 is 18.3 Å². The molecule has 16 heavy (non-hydrogen) atoms. The van der Waals surface area contributed by atoms with Gasteiger partial charge in [0, 0.05) is 0 Å². The normalized spacial score (nSPS) is 20.8. The van der Waals surface area contributed by atoms with Gasteiger partial charge in [0.05, 0.1) is 23.7 Å². The monoisotopic (exact) mass is 245 g/mol. The fourth-order valence-electron chi connectivity index (χ4n) is 1.70. The summed E-state index contributed by atoms with van der Waals surface area (Å²) >= 11 is 0. The molecule has 1 aromatic rings. The molecule has 2 rings (SSSR count). The highest BCUT2D eigenvalue weighted by atomic mass is 32.2. The smallest absolute Gasteiger partial charge is 0.358 e. The van der Waals surface area contributed by atoms with Gasteiger partial charge in [-0.15, -0.1) is 5.10 Å². The summed E-state index contributed by atoms with van der Waals surface area (Å²) in [4.78, 5) is 10.6. The number of carboxylic acid groups (broad SMARTS) is 1. The lowest BCUT2D eigenvalue weighted by molar-refractivity contribution is 0.0690. The Morgan fingerprint density at radius 2 is 2.06 bits per heavy atom. The van der Waals surface area contributed by atoms with Crippen molar-refractivity contribution in [3.63, 3.8) is 0 Å². The molecule has 1 fully saturated rings. The number of carboxylic acids is 1. The Hall–Kier alpha value is -1.44. The van der Waals surface area contributed by atoms with Crippen LogP contribution in [-0.2, 0) is 9.84 Å². The highest BCUT2D eigenvalue weighted by Crippen LogP contribution is 2.22. The van der Waals surface area contributed by atoms with Crippen LogP contribution in [0.4, 0.5) is 0 Å². The molecule has 0 spiro atoms. The van der Waals surface area contributed by atoms with E-state index in [4.69, 9.17) is 5.11 Å². The minimum absolute atomic E-state index is 0.0656. The molecule has 88 valence electrons. The molecule has 0 aromatic carbocycles. The third-order valence-corrected chi connectivity index (χ3v) is 4.34. The van der Waals surface area contributed by atoms with Gasteiger partial charge >= 0.3 is 5.97 Å². The van der Waals surface area contributed by atoms with Crippen LogP contribution in [0.1, 0.15) is 29.4 Å². The number of aromatic carboxylic acids is 1. The van der Waals surface area contributed by atoms with Crippen molar-refractivity contribution in [3.05, 3.63) is 11.9 Å². The molecule has 0 radical (unpaired) electrons. The molecule has 0 unspecified atom stereocenters. The number of aromatic nitrogens is 3. The van der Waals surface area contributed by atoms with Crippen LogP contribution in [0, 0.1) is 0 Å². The van der Waals surface area contributed by atoms with Crippen LogP contribution in [0.3, 0.4) is 0 Å². The molecule has 1 aromatic heterocycles. The number of carbonyl (C=O) groups is 1. The fraction of sp³-hybridized carbons (Fsp3) is 0.625. The maximum atomic E-state index is 11.2. The van der Waals surface area contributed by atoms with E-state index >= 15 is 0 Å². The molecule has 2 heterocycles. The topological polar surface area (TPSA) is 102 Å². The minimum atomic E-state index is -2.91.